The van der Waals surface area contributed by atoms with Gasteiger partial charge in [-0.1, -0.05) is 284 Å². The Morgan fingerprint density at radius 2 is 0.478 bits per heavy atom. The Labute approximate surface area is 564 Å². The van der Waals surface area contributed by atoms with E-state index in [1.807, 2.05) is 0 Å². The molecular weight excluding hydrogens is 1190 g/mol. The Morgan fingerprint density at radius 1 is 0.293 bits per heavy atom. The summed E-state index contributed by atoms with van der Waals surface area (Å²) < 4.78 is 12.4. The van der Waals surface area contributed by atoms with Gasteiger partial charge in [0.1, 0.15) is 13.2 Å². The Morgan fingerprint density at radius 3 is 0.674 bits per heavy atom. The van der Waals surface area contributed by atoms with Gasteiger partial charge < -0.3 is 20.1 Å². The molecule has 0 saturated heterocycles. The van der Waals surface area contributed by atoms with Gasteiger partial charge in [0.2, 0.25) is 0 Å². The van der Waals surface area contributed by atoms with Gasteiger partial charge >= 0.3 is 11.9 Å². The van der Waals surface area contributed by atoms with Crippen LogP contribution in [0.5, 0.6) is 0 Å². The molecule has 6 aromatic rings. The van der Waals surface area contributed by atoms with Crippen LogP contribution in [-0.2, 0) is 48.9 Å². The Bertz CT molecular complexity index is 2990. The van der Waals surface area contributed by atoms with Crippen LogP contribution in [0.25, 0.3) is 0 Å². The van der Waals surface area contributed by atoms with Crippen molar-refractivity contribution in [1.82, 2.24) is 10.6 Å². The zero-order chi connectivity index (χ0) is 68.2. The number of hydrogen-bond donors (Lipinski definition) is 2. The zero-order valence-corrected chi connectivity index (χ0v) is 65.5. The lowest BCUT2D eigenvalue weighted by atomic mass is 10.1. The van der Waals surface area contributed by atoms with E-state index in [1.54, 1.807) is 0 Å². The topological polar surface area (TPSA) is 76.7 Å². The predicted molar refractivity (Wildman–Crippen MR) is 407 cm³/mol. The summed E-state index contributed by atoms with van der Waals surface area (Å²) in [6.07, 6.45) is 0. The van der Waals surface area contributed by atoms with Gasteiger partial charge in [0.15, 0.2) is 0 Å². The second kappa shape index (κ2) is 32.8. The van der Waals surface area contributed by atoms with Crippen LogP contribution in [0.2, 0.25) is 66.5 Å². The monoisotopic (exact) mass is 1310 g/mol. The number of carbonyl (C=O) groups excluding carboxylic acids is 2. The maximum Gasteiger partial charge on any atom is 0.338 e. The second-order valence-corrected chi connectivity index (χ2v) is 54.5. The van der Waals surface area contributed by atoms with E-state index in [-0.39, 0.29) is 25.2 Å². The third-order valence-corrected chi connectivity index (χ3v) is 50.2. The third kappa shape index (κ3) is 16.5. The maximum absolute atomic E-state index is 14.3. The third-order valence-electron chi connectivity index (χ3n) is 22.2. The van der Waals surface area contributed by atoms with Crippen LogP contribution in [0.3, 0.4) is 0 Å². The number of ether oxygens (including phenoxy) is 2. The predicted octanol–water partition coefficient (Wildman–Crippen LogP) is 19.9. The molecule has 0 aromatic heterocycles. The lowest BCUT2D eigenvalue weighted by Crippen LogP contribution is -2.60. The maximum atomic E-state index is 14.3. The van der Waals surface area contributed by atoms with Crippen molar-refractivity contribution < 1.29 is 19.1 Å². The first-order valence-corrected chi connectivity index (χ1v) is 44.2. The average Bonchev–Trinajstić information content (AvgIpc) is 0.747. The van der Waals surface area contributed by atoms with Crippen LogP contribution < -0.4 is 31.4 Å². The van der Waals surface area contributed by atoms with Crippen LogP contribution in [-0.4, -0.2) is 44.2 Å². The van der Waals surface area contributed by atoms with Crippen molar-refractivity contribution >= 4 is 65.0 Å². The van der Waals surface area contributed by atoms with E-state index >= 15 is 0 Å². The van der Waals surface area contributed by atoms with Gasteiger partial charge in [-0.15, -0.1) is 0 Å². The molecule has 0 bridgehead atoms. The molecule has 92 heavy (non-hydrogen) atoms. The fourth-order valence-electron chi connectivity index (χ4n) is 18.7. The SMILES string of the molecule is CC(C)[Si](c1cc(C(=O)OCc2ccc(CNCc3ccc(C#Cc4ccc(CNCc5ccc(COC(=O)c6cc([Si](C(C)C)(C(C)C)C(C)C)cc([Si](C(C)C)(C(C)C)C(C)C)c6)cc5)cc4)cc3)cc2)cc([Si](C(C)C)(C(C)C)C(C)C)c1)(C(C)C)C(C)C. The molecule has 0 saturated carbocycles. The second-order valence-electron chi connectivity index (χ2n) is 30.8. The molecule has 0 aliphatic heterocycles. The van der Waals surface area contributed by atoms with Gasteiger partial charge in [-0.2, -0.15) is 0 Å². The van der Waals surface area contributed by atoms with E-state index in [0.29, 0.717) is 66.5 Å². The number of carbonyl (C=O) groups is 2. The minimum absolute atomic E-state index is 0.224. The van der Waals surface area contributed by atoms with Crippen LogP contribution in [0.4, 0.5) is 0 Å². The molecule has 10 heteroatoms. The van der Waals surface area contributed by atoms with Crippen molar-refractivity contribution in [3.05, 3.63) is 189 Å². The molecule has 498 valence electrons. The van der Waals surface area contributed by atoms with E-state index < -0.39 is 32.3 Å². The minimum Gasteiger partial charge on any atom is -0.457 e. The average molecular weight is 1310 g/mol. The first kappa shape index (κ1) is 75.6. The van der Waals surface area contributed by atoms with Crippen molar-refractivity contribution in [3.8, 4) is 11.8 Å². The van der Waals surface area contributed by atoms with Gasteiger partial charge in [-0.25, -0.2) is 9.59 Å². The molecule has 6 aromatic carbocycles. The highest BCUT2D eigenvalue weighted by Crippen LogP contribution is 2.46. The number of benzene rings is 6. The lowest BCUT2D eigenvalue weighted by molar-refractivity contribution is 0.0464. The number of hydrogen-bond acceptors (Lipinski definition) is 6. The molecule has 0 aliphatic carbocycles. The lowest BCUT2D eigenvalue weighted by Gasteiger charge is -2.47. The summed E-state index contributed by atoms with van der Waals surface area (Å²) in [5.74, 6) is 6.25. The van der Waals surface area contributed by atoms with Crippen LogP contribution >= 0.6 is 0 Å². The van der Waals surface area contributed by atoms with E-state index in [9.17, 15) is 9.59 Å². The Kier molecular flexibility index (Phi) is 27.0. The molecule has 0 amide bonds. The minimum atomic E-state index is -2.08. The van der Waals surface area contributed by atoms with Crippen molar-refractivity contribution in [3.63, 3.8) is 0 Å². The molecule has 6 nitrogen and oxygen atoms in total. The molecule has 2 N–H and O–H groups in total. The summed E-state index contributed by atoms with van der Waals surface area (Å²) in [4.78, 5) is 28.5. The summed E-state index contributed by atoms with van der Waals surface area (Å²) >= 11 is 0. The molecule has 6 rings (SSSR count). The first-order valence-electron chi connectivity index (χ1n) is 35.2. The van der Waals surface area contributed by atoms with Crippen LogP contribution in [0.15, 0.2) is 133 Å². The smallest absolute Gasteiger partial charge is 0.338 e. The van der Waals surface area contributed by atoms with Crippen molar-refractivity contribution in [2.75, 3.05) is 0 Å². The number of esters is 2. The van der Waals surface area contributed by atoms with E-state index in [1.165, 1.54) is 43.0 Å². The van der Waals surface area contributed by atoms with Gasteiger partial charge in [0.05, 0.1) is 43.4 Å². The molecule has 0 spiro atoms. The van der Waals surface area contributed by atoms with Crippen molar-refractivity contribution in [2.24, 2.45) is 0 Å². The molecule has 0 fully saturated rings. The van der Waals surface area contributed by atoms with Crippen LogP contribution in [0.1, 0.15) is 231 Å². The van der Waals surface area contributed by atoms with Crippen molar-refractivity contribution in [2.45, 2.75) is 272 Å². The molecular formula is C82H120N2O4Si4. The number of rotatable bonds is 30. The Hall–Kier alpha value is -5.39. The molecule has 0 unspecified atom stereocenters. The fourth-order valence-corrected chi connectivity index (χ4v) is 46.3. The Balaban J connectivity index is 0.988. The highest BCUT2D eigenvalue weighted by Gasteiger charge is 2.50. The molecule has 0 radical (unpaired) electrons. The van der Waals surface area contributed by atoms with E-state index in [0.717, 1.165) is 59.6 Å². The highest BCUT2D eigenvalue weighted by atomic mass is 28.3. The van der Waals surface area contributed by atoms with Gasteiger partial charge in [0, 0.05) is 37.3 Å². The van der Waals surface area contributed by atoms with E-state index in [2.05, 4.69) is 322 Å². The largest absolute Gasteiger partial charge is 0.457 e. The normalized spacial score (nSPS) is 12.8. The van der Waals surface area contributed by atoms with Gasteiger partial charge in [-0.05, 0) is 148 Å². The fraction of sp³-hybridized carbons (Fsp3) is 0.512. The number of nitrogens with one attached hydrogen (secondary N) is 2. The van der Waals surface area contributed by atoms with Gasteiger partial charge in [-0.3, -0.25) is 0 Å². The zero-order valence-electron chi connectivity index (χ0n) is 61.5. The first-order chi connectivity index (χ1) is 43.3. The molecule has 0 atom stereocenters. The summed E-state index contributed by atoms with van der Waals surface area (Å²) in [6, 6.07) is 47.9. The van der Waals surface area contributed by atoms with E-state index in [4.69, 9.17) is 9.47 Å². The standard InChI is InChI=1S/C82H120N2O4Si4/c1-55(2)89(56(3)4,57(5)6)77-43-75(44-78(47-77)90(58(7)8,59(9)10)60(11)12)81(85)87-53-73-39-35-71(36-40-73)51-83-49-69-31-27-67(28-32-69)25-26-68-29-33-70(34-30-68)50-84-52-72-37-41-74(42-38-72)54-88-82(86)76-45-79(91(61(13)14,62(15)16)63(17)18)48-80(46-76)92(64(19)20,65(21)22)66(23)24/h27-48,55-66,83-84H,49-54H2,1-24H3. The highest BCUT2D eigenvalue weighted by molar-refractivity contribution is 6.99. The summed E-state index contributed by atoms with van der Waals surface area (Å²) in [5.41, 5.74) is 16.5. The van der Waals surface area contributed by atoms with Gasteiger partial charge in [0.25, 0.3) is 0 Å². The quantitative estimate of drug-likeness (QED) is 0.0266. The summed E-state index contributed by atoms with van der Waals surface area (Å²) in [7, 11) is -8.30. The van der Waals surface area contributed by atoms with Crippen molar-refractivity contribution in [1.29, 1.82) is 0 Å². The molecule has 0 aliphatic rings. The molecule has 0 heterocycles. The summed E-state index contributed by atoms with van der Waals surface area (Å²) in [5, 5.41) is 12.9. The summed E-state index contributed by atoms with van der Waals surface area (Å²) in [6.45, 7) is 61.3. The van der Waals surface area contributed by atoms with Crippen LogP contribution in [0, 0.1) is 11.8 Å².